The molecule has 0 saturated heterocycles. The van der Waals surface area contributed by atoms with Gasteiger partial charge in [0.1, 0.15) is 5.75 Å². The molecule has 1 amide bonds. The molecule has 0 radical (unpaired) electrons. The summed E-state index contributed by atoms with van der Waals surface area (Å²) in [5.74, 6) is -0.996. The molecule has 0 aliphatic rings. The molecule has 88 valence electrons. The van der Waals surface area contributed by atoms with Gasteiger partial charge in [-0.1, -0.05) is 12.1 Å². The Hall–Kier alpha value is -1.72. The van der Waals surface area contributed by atoms with Crippen molar-refractivity contribution < 1.29 is 22.7 Å². The average molecular weight is 233 g/mol. The summed E-state index contributed by atoms with van der Waals surface area (Å²) in [6.07, 6.45) is -6.47. The number of alkyl halides is 3. The molecular formula is C10H10F3NO2. The van der Waals surface area contributed by atoms with E-state index in [-0.39, 0.29) is 11.3 Å². The van der Waals surface area contributed by atoms with Crippen LogP contribution in [0.1, 0.15) is 17.3 Å². The van der Waals surface area contributed by atoms with Crippen molar-refractivity contribution in [3.63, 3.8) is 0 Å². The molecule has 0 aromatic heterocycles. The largest absolute Gasteiger partial charge is 0.480 e. The van der Waals surface area contributed by atoms with Gasteiger partial charge in [0, 0.05) is 0 Å². The summed E-state index contributed by atoms with van der Waals surface area (Å²) in [5, 5.41) is 0. The van der Waals surface area contributed by atoms with E-state index in [2.05, 4.69) is 4.74 Å². The van der Waals surface area contributed by atoms with E-state index in [4.69, 9.17) is 5.73 Å². The first-order valence-corrected chi connectivity index (χ1v) is 4.44. The van der Waals surface area contributed by atoms with Crippen molar-refractivity contribution in [3.05, 3.63) is 29.8 Å². The van der Waals surface area contributed by atoms with Crippen molar-refractivity contribution >= 4 is 5.91 Å². The van der Waals surface area contributed by atoms with Gasteiger partial charge in [-0.05, 0) is 19.1 Å². The normalized spacial score (nSPS) is 13.2. The summed E-state index contributed by atoms with van der Waals surface area (Å²) in [4.78, 5) is 10.9. The molecule has 6 heteroatoms. The summed E-state index contributed by atoms with van der Waals surface area (Å²) in [5.41, 5.74) is 4.93. The van der Waals surface area contributed by atoms with E-state index in [1.54, 1.807) is 0 Å². The third-order valence-corrected chi connectivity index (χ3v) is 1.92. The van der Waals surface area contributed by atoms with Crippen LogP contribution >= 0.6 is 0 Å². The van der Waals surface area contributed by atoms with Crippen LogP contribution in [0, 0.1) is 0 Å². The maximum Gasteiger partial charge on any atom is 0.425 e. The number of amides is 1. The maximum absolute atomic E-state index is 12.2. The molecule has 1 atom stereocenters. The second-order valence-electron chi connectivity index (χ2n) is 3.16. The van der Waals surface area contributed by atoms with Crippen molar-refractivity contribution in [3.8, 4) is 5.75 Å². The monoisotopic (exact) mass is 233 g/mol. The lowest BCUT2D eigenvalue weighted by atomic mass is 10.2. The summed E-state index contributed by atoms with van der Waals surface area (Å²) in [6, 6.07) is 5.53. The van der Waals surface area contributed by atoms with Crippen LogP contribution < -0.4 is 10.5 Å². The molecular weight excluding hydrogens is 223 g/mol. The van der Waals surface area contributed by atoms with Crippen LogP contribution in [0.3, 0.4) is 0 Å². The Morgan fingerprint density at radius 2 is 1.94 bits per heavy atom. The Kier molecular flexibility index (Phi) is 3.41. The first-order valence-electron chi connectivity index (χ1n) is 4.44. The molecule has 3 nitrogen and oxygen atoms in total. The van der Waals surface area contributed by atoms with Gasteiger partial charge in [0.05, 0.1) is 5.56 Å². The van der Waals surface area contributed by atoms with Crippen molar-refractivity contribution in [1.82, 2.24) is 0 Å². The first-order chi connectivity index (χ1) is 7.32. The van der Waals surface area contributed by atoms with E-state index in [1.807, 2.05) is 0 Å². The number of carbonyl (C=O) groups is 1. The number of para-hydroxylation sites is 1. The standard InChI is InChI=1S/C10H10F3NO2/c1-6(10(11,12)13)16-8-5-3-2-4-7(8)9(14)15/h2-6H,1H3,(H2,14,15). The Morgan fingerprint density at radius 1 is 1.38 bits per heavy atom. The fourth-order valence-electron chi connectivity index (χ4n) is 1.03. The van der Waals surface area contributed by atoms with E-state index in [1.165, 1.54) is 24.3 Å². The topological polar surface area (TPSA) is 52.3 Å². The number of carbonyl (C=O) groups excluding carboxylic acids is 1. The summed E-state index contributed by atoms with van der Waals surface area (Å²) in [6.45, 7) is 0.859. The lowest BCUT2D eigenvalue weighted by Crippen LogP contribution is -2.31. The Balaban J connectivity index is 2.93. The zero-order chi connectivity index (χ0) is 12.3. The SMILES string of the molecule is CC(Oc1ccccc1C(N)=O)C(F)(F)F. The first kappa shape index (κ1) is 12.4. The summed E-state index contributed by atoms with van der Waals surface area (Å²) >= 11 is 0. The molecule has 0 bridgehead atoms. The van der Waals surface area contributed by atoms with E-state index >= 15 is 0 Å². The lowest BCUT2D eigenvalue weighted by molar-refractivity contribution is -0.189. The predicted octanol–water partition coefficient (Wildman–Crippen LogP) is 2.12. The van der Waals surface area contributed by atoms with Crippen LogP contribution in [0.5, 0.6) is 5.75 Å². The smallest absolute Gasteiger partial charge is 0.425 e. The Bertz CT molecular complexity index is 390. The van der Waals surface area contributed by atoms with Crippen LogP contribution in [0.15, 0.2) is 24.3 Å². The number of benzene rings is 1. The molecule has 0 saturated carbocycles. The van der Waals surface area contributed by atoms with E-state index in [0.717, 1.165) is 6.92 Å². The second-order valence-corrected chi connectivity index (χ2v) is 3.16. The van der Waals surface area contributed by atoms with Crippen molar-refractivity contribution in [2.75, 3.05) is 0 Å². The number of nitrogens with two attached hydrogens (primary N) is 1. The molecule has 0 heterocycles. The Morgan fingerprint density at radius 3 is 2.44 bits per heavy atom. The Labute approximate surface area is 90.0 Å². The number of hydrogen-bond donors (Lipinski definition) is 1. The lowest BCUT2D eigenvalue weighted by Gasteiger charge is -2.18. The number of halogens is 3. The minimum atomic E-state index is -4.48. The van der Waals surface area contributed by atoms with Gasteiger partial charge in [-0.3, -0.25) is 4.79 Å². The van der Waals surface area contributed by atoms with Gasteiger partial charge < -0.3 is 10.5 Å². The minimum Gasteiger partial charge on any atom is -0.480 e. The zero-order valence-electron chi connectivity index (χ0n) is 8.41. The number of hydrogen-bond acceptors (Lipinski definition) is 2. The maximum atomic E-state index is 12.2. The molecule has 2 N–H and O–H groups in total. The van der Waals surface area contributed by atoms with E-state index < -0.39 is 18.2 Å². The van der Waals surface area contributed by atoms with Gasteiger partial charge in [0.15, 0.2) is 6.10 Å². The van der Waals surface area contributed by atoms with Gasteiger partial charge in [0.2, 0.25) is 0 Å². The molecule has 1 unspecified atom stereocenters. The van der Waals surface area contributed by atoms with Gasteiger partial charge in [-0.2, -0.15) is 13.2 Å². The number of rotatable bonds is 3. The average Bonchev–Trinajstić information content (AvgIpc) is 2.16. The van der Waals surface area contributed by atoms with Gasteiger partial charge in [-0.15, -0.1) is 0 Å². The van der Waals surface area contributed by atoms with Gasteiger partial charge in [0.25, 0.3) is 5.91 Å². The number of primary amides is 1. The second kappa shape index (κ2) is 4.42. The highest BCUT2D eigenvalue weighted by Gasteiger charge is 2.38. The van der Waals surface area contributed by atoms with Gasteiger partial charge in [-0.25, -0.2) is 0 Å². The highest BCUT2D eigenvalue weighted by molar-refractivity contribution is 5.95. The highest BCUT2D eigenvalue weighted by atomic mass is 19.4. The molecule has 0 spiro atoms. The third kappa shape index (κ3) is 2.88. The van der Waals surface area contributed by atoms with Crippen LogP contribution in [0.25, 0.3) is 0 Å². The molecule has 1 aromatic carbocycles. The van der Waals surface area contributed by atoms with Crippen LogP contribution in [0.4, 0.5) is 13.2 Å². The zero-order valence-corrected chi connectivity index (χ0v) is 8.41. The van der Waals surface area contributed by atoms with E-state index in [9.17, 15) is 18.0 Å². The van der Waals surface area contributed by atoms with Gasteiger partial charge >= 0.3 is 6.18 Å². The molecule has 0 fully saturated rings. The van der Waals surface area contributed by atoms with Crippen molar-refractivity contribution in [2.24, 2.45) is 5.73 Å². The summed E-state index contributed by atoms with van der Waals surface area (Å²) in [7, 11) is 0. The van der Waals surface area contributed by atoms with Crippen molar-refractivity contribution in [1.29, 1.82) is 0 Å². The summed E-state index contributed by atoms with van der Waals surface area (Å²) < 4.78 is 41.3. The van der Waals surface area contributed by atoms with Crippen molar-refractivity contribution in [2.45, 2.75) is 19.2 Å². The highest BCUT2D eigenvalue weighted by Crippen LogP contribution is 2.26. The minimum absolute atomic E-state index is 0.0707. The molecule has 0 aliphatic heterocycles. The molecule has 1 aromatic rings. The van der Waals surface area contributed by atoms with Crippen LogP contribution in [0.2, 0.25) is 0 Å². The van der Waals surface area contributed by atoms with Crippen LogP contribution in [-0.2, 0) is 0 Å². The fraction of sp³-hybridized carbons (Fsp3) is 0.300. The van der Waals surface area contributed by atoms with E-state index in [0.29, 0.717) is 0 Å². The van der Waals surface area contributed by atoms with Crippen LogP contribution in [-0.4, -0.2) is 18.2 Å². The molecule has 1 rings (SSSR count). The third-order valence-electron chi connectivity index (χ3n) is 1.92. The number of ether oxygens (including phenoxy) is 1. The fourth-order valence-corrected chi connectivity index (χ4v) is 1.03. The predicted molar refractivity (Wildman–Crippen MR) is 51.1 cm³/mol. The quantitative estimate of drug-likeness (QED) is 0.869. The molecule has 16 heavy (non-hydrogen) atoms. The molecule has 0 aliphatic carbocycles.